The number of benzene rings is 1. The van der Waals surface area contributed by atoms with Crippen LogP contribution in [0.5, 0.6) is 5.75 Å². The molecule has 2 aliphatic rings. The highest BCUT2D eigenvalue weighted by molar-refractivity contribution is 5.89. The largest absolute Gasteiger partial charge is 0.494 e. The SMILES string of the molecule is C=CC(=O)OCCCCCCOc1ccc(C(=O)OC2CCC(OC(=O)C3CCC(OCCCCCCOC(=O)C=C)CC3)CC2)cc1. The van der Waals surface area contributed by atoms with Gasteiger partial charge < -0.3 is 28.4 Å². The Morgan fingerprint density at radius 2 is 1.06 bits per heavy atom. The van der Waals surface area contributed by atoms with Gasteiger partial charge in [0, 0.05) is 18.8 Å². The first kappa shape index (κ1) is 38.8. The lowest BCUT2D eigenvalue weighted by atomic mass is 9.87. The van der Waals surface area contributed by atoms with Crippen LogP contribution in [0.15, 0.2) is 49.6 Å². The monoisotopic (exact) mass is 670 g/mol. The quantitative estimate of drug-likeness (QED) is 0.0540. The van der Waals surface area contributed by atoms with Crippen LogP contribution in [0.25, 0.3) is 0 Å². The predicted octanol–water partition coefficient (Wildman–Crippen LogP) is 7.23. The van der Waals surface area contributed by atoms with Gasteiger partial charge >= 0.3 is 23.9 Å². The first-order valence-electron chi connectivity index (χ1n) is 17.7. The third-order valence-corrected chi connectivity index (χ3v) is 8.80. The summed E-state index contributed by atoms with van der Waals surface area (Å²) < 4.78 is 33.4. The number of carbonyl (C=O) groups is 4. The molecule has 0 unspecified atom stereocenters. The normalized spacial score (nSPS) is 20.6. The Labute approximate surface area is 285 Å². The molecule has 10 nitrogen and oxygen atoms in total. The van der Waals surface area contributed by atoms with Gasteiger partial charge in [-0.15, -0.1) is 0 Å². The molecule has 2 saturated carbocycles. The molecule has 10 heteroatoms. The average molecular weight is 671 g/mol. The number of rotatable bonds is 22. The van der Waals surface area contributed by atoms with E-state index >= 15 is 0 Å². The minimum Gasteiger partial charge on any atom is -0.494 e. The van der Waals surface area contributed by atoms with Crippen LogP contribution in [0.2, 0.25) is 0 Å². The van der Waals surface area contributed by atoms with E-state index in [4.69, 9.17) is 28.4 Å². The highest BCUT2D eigenvalue weighted by Gasteiger charge is 2.32. The molecule has 266 valence electrons. The Morgan fingerprint density at radius 3 is 1.60 bits per heavy atom. The molecule has 0 heterocycles. The summed E-state index contributed by atoms with van der Waals surface area (Å²) in [6.45, 7) is 8.86. The van der Waals surface area contributed by atoms with Gasteiger partial charge in [-0.3, -0.25) is 4.79 Å². The second-order valence-corrected chi connectivity index (χ2v) is 12.5. The van der Waals surface area contributed by atoms with Crippen molar-refractivity contribution >= 4 is 23.9 Å². The summed E-state index contributed by atoms with van der Waals surface area (Å²) in [6.07, 6.45) is 15.7. The lowest BCUT2D eigenvalue weighted by Gasteiger charge is -2.31. The van der Waals surface area contributed by atoms with Gasteiger partial charge in [0.25, 0.3) is 0 Å². The number of hydrogen-bond donors (Lipinski definition) is 0. The van der Waals surface area contributed by atoms with Gasteiger partial charge in [-0.25, -0.2) is 14.4 Å². The van der Waals surface area contributed by atoms with Crippen LogP contribution in [-0.4, -0.2) is 68.6 Å². The minimum absolute atomic E-state index is 0.0776. The number of unbranched alkanes of at least 4 members (excludes halogenated alkanes) is 6. The van der Waals surface area contributed by atoms with Crippen LogP contribution in [0.4, 0.5) is 0 Å². The Kier molecular flexibility index (Phi) is 18.4. The van der Waals surface area contributed by atoms with Gasteiger partial charge in [-0.1, -0.05) is 19.6 Å². The van der Waals surface area contributed by atoms with Crippen LogP contribution in [0.3, 0.4) is 0 Å². The Balaban J connectivity index is 1.20. The minimum atomic E-state index is -0.393. The molecule has 2 fully saturated rings. The summed E-state index contributed by atoms with van der Waals surface area (Å²) >= 11 is 0. The van der Waals surface area contributed by atoms with Crippen molar-refractivity contribution in [2.75, 3.05) is 26.4 Å². The van der Waals surface area contributed by atoms with Crippen molar-refractivity contribution < 1.29 is 47.6 Å². The predicted molar refractivity (Wildman–Crippen MR) is 180 cm³/mol. The highest BCUT2D eigenvalue weighted by Crippen LogP contribution is 2.30. The second kappa shape index (κ2) is 22.8. The van der Waals surface area contributed by atoms with Gasteiger partial charge in [-0.05, 0) is 121 Å². The molecular weight excluding hydrogens is 616 g/mol. The third-order valence-electron chi connectivity index (χ3n) is 8.80. The number of carbonyl (C=O) groups excluding carboxylic acids is 4. The summed E-state index contributed by atoms with van der Waals surface area (Å²) in [6, 6.07) is 6.98. The lowest BCUT2D eigenvalue weighted by Crippen LogP contribution is -2.33. The molecule has 0 N–H and O–H groups in total. The van der Waals surface area contributed by atoms with E-state index in [1.165, 1.54) is 6.08 Å². The number of esters is 4. The fourth-order valence-electron chi connectivity index (χ4n) is 5.92. The molecule has 48 heavy (non-hydrogen) atoms. The van der Waals surface area contributed by atoms with E-state index in [0.717, 1.165) is 83.1 Å². The van der Waals surface area contributed by atoms with Gasteiger partial charge in [0.2, 0.25) is 0 Å². The molecule has 0 amide bonds. The van der Waals surface area contributed by atoms with Crippen molar-refractivity contribution in [3.8, 4) is 5.75 Å². The topological polar surface area (TPSA) is 124 Å². The average Bonchev–Trinajstić information content (AvgIpc) is 3.11. The molecule has 0 spiro atoms. The fraction of sp³-hybridized carbons (Fsp3) is 0.632. The summed E-state index contributed by atoms with van der Waals surface area (Å²) in [5.41, 5.74) is 0.480. The van der Waals surface area contributed by atoms with Gasteiger partial charge in [0.15, 0.2) is 0 Å². The molecule has 3 rings (SSSR count). The smallest absolute Gasteiger partial charge is 0.338 e. The van der Waals surface area contributed by atoms with Crippen molar-refractivity contribution in [2.45, 2.75) is 121 Å². The zero-order valence-corrected chi connectivity index (χ0v) is 28.4. The van der Waals surface area contributed by atoms with E-state index < -0.39 is 5.97 Å². The van der Waals surface area contributed by atoms with Crippen molar-refractivity contribution in [3.63, 3.8) is 0 Å². The van der Waals surface area contributed by atoms with E-state index in [9.17, 15) is 19.2 Å². The molecule has 0 aliphatic heterocycles. The number of ether oxygens (including phenoxy) is 6. The molecule has 0 atom stereocenters. The Morgan fingerprint density at radius 1 is 0.583 bits per heavy atom. The zero-order valence-electron chi connectivity index (χ0n) is 28.4. The summed E-state index contributed by atoms with van der Waals surface area (Å²) in [5.74, 6) is -0.617. The lowest BCUT2D eigenvalue weighted by molar-refractivity contribution is -0.158. The van der Waals surface area contributed by atoms with Crippen molar-refractivity contribution in [1.82, 2.24) is 0 Å². The van der Waals surface area contributed by atoms with E-state index in [1.807, 2.05) is 0 Å². The van der Waals surface area contributed by atoms with Crippen molar-refractivity contribution in [2.24, 2.45) is 5.92 Å². The highest BCUT2D eigenvalue weighted by atomic mass is 16.6. The van der Waals surface area contributed by atoms with Crippen molar-refractivity contribution in [1.29, 1.82) is 0 Å². The Hall–Kier alpha value is -3.66. The first-order chi connectivity index (χ1) is 23.4. The zero-order chi connectivity index (χ0) is 34.4. The third kappa shape index (κ3) is 15.5. The molecule has 0 aromatic heterocycles. The summed E-state index contributed by atoms with van der Waals surface area (Å²) in [7, 11) is 0. The van der Waals surface area contributed by atoms with E-state index in [2.05, 4.69) is 13.2 Å². The number of hydrogen-bond acceptors (Lipinski definition) is 10. The van der Waals surface area contributed by atoms with Gasteiger partial charge in [-0.2, -0.15) is 0 Å². The molecule has 0 bridgehead atoms. The van der Waals surface area contributed by atoms with E-state index in [0.29, 0.717) is 63.4 Å². The maximum atomic E-state index is 12.8. The molecule has 0 saturated heterocycles. The summed E-state index contributed by atoms with van der Waals surface area (Å²) in [5, 5.41) is 0. The van der Waals surface area contributed by atoms with Crippen LogP contribution in [0.1, 0.15) is 113 Å². The summed E-state index contributed by atoms with van der Waals surface area (Å²) in [4.78, 5) is 47.6. The van der Waals surface area contributed by atoms with E-state index in [1.54, 1.807) is 24.3 Å². The van der Waals surface area contributed by atoms with Crippen LogP contribution in [-0.2, 0) is 38.1 Å². The van der Waals surface area contributed by atoms with Crippen LogP contribution >= 0.6 is 0 Å². The molecule has 2 aliphatic carbocycles. The molecule has 1 aromatic carbocycles. The Bertz CT molecular complexity index is 1130. The van der Waals surface area contributed by atoms with Gasteiger partial charge in [0.1, 0.15) is 18.0 Å². The molecular formula is C38H54O10. The van der Waals surface area contributed by atoms with Crippen LogP contribution < -0.4 is 4.74 Å². The second-order valence-electron chi connectivity index (χ2n) is 12.5. The standard InChI is InChI=1S/C38H54O10/c1-3-35(39)45-27-11-7-5-9-25-43-31-17-13-29(14-18-31)37(41)47-33-21-23-34(24-22-33)48-38(42)30-15-19-32(20-16-30)44-26-10-6-8-12-28-46-36(40)4-2/h3-4,13-14,17-18,30,32-34H,1-2,5-12,15-16,19-28H2. The first-order valence-corrected chi connectivity index (χ1v) is 17.7. The maximum absolute atomic E-state index is 12.8. The fourth-order valence-corrected chi connectivity index (χ4v) is 5.92. The molecule has 1 aromatic rings. The van der Waals surface area contributed by atoms with E-state index in [-0.39, 0.29) is 42.1 Å². The maximum Gasteiger partial charge on any atom is 0.338 e. The van der Waals surface area contributed by atoms with Gasteiger partial charge in [0.05, 0.1) is 37.4 Å². The van der Waals surface area contributed by atoms with Crippen LogP contribution in [0, 0.1) is 5.92 Å². The van der Waals surface area contributed by atoms with Crippen molar-refractivity contribution in [3.05, 3.63) is 55.1 Å². The molecule has 0 radical (unpaired) electrons.